The lowest BCUT2D eigenvalue weighted by Gasteiger charge is -2.22. The average molecular weight is 295 g/mol. The monoisotopic (exact) mass is 295 g/mol. The Labute approximate surface area is 123 Å². The number of hydrogen-bond acceptors (Lipinski definition) is 5. The minimum absolute atomic E-state index is 0.0216. The molecule has 1 amide bonds. The summed E-state index contributed by atoms with van der Waals surface area (Å²) in [6.07, 6.45) is 0.756. The molecule has 21 heavy (non-hydrogen) atoms. The fourth-order valence-electron chi connectivity index (χ4n) is 1.86. The van der Waals surface area contributed by atoms with E-state index >= 15 is 0 Å². The molecule has 3 N–H and O–H groups in total. The van der Waals surface area contributed by atoms with Crippen LogP contribution >= 0.6 is 0 Å². The van der Waals surface area contributed by atoms with Crippen molar-refractivity contribution in [2.75, 3.05) is 27.3 Å². The minimum Gasteiger partial charge on any atom is -0.497 e. The summed E-state index contributed by atoms with van der Waals surface area (Å²) in [5, 5.41) is 11.6. The summed E-state index contributed by atoms with van der Waals surface area (Å²) in [7, 11) is 3.03. The first-order valence-corrected chi connectivity index (χ1v) is 6.54. The molecule has 0 aliphatic rings. The van der Waals surface area contributed by atoms with Crippen LogP contribution in [0.15, 0.2) is 23.4 Å². The van der Waals surface area contributed by atoms with Gasteiger partial charge in [0, 0.05) is 18.2 Å². The zero-order valence-electron chi connectivity index (χ0n) is 12.5. The summed E-state index contributed by atoms with van der Waals surface area (Å²) in [5.74, 6) is 0.795. The van der Waals surface area contributed by atoms with Crippen molar-refractivity contribution in [2.24, 2.45) is 10.9 Å². The number of benzene rings is 1. The van der Waals surface area contributed by atoms with Gasteiger partial charge in [-0.1, -0.05) is 12.1 Å². The van der Waals surface area contributed by atoms with Crippen molar-refractivity contribution in [3.05, 3.63) is 23.8 Å². The van der Waals surface area contributed by atoms with E-state index in [4.69, 9.17) is 20.4 Å². The lowest BCUT2D eigenvalue weighted by Crippen LogP contribution is -2.39. The first-order chi connectivity index (χ1) is 10.0. The second-order valence-electron chi connectivity index (χ2n) is 4.42. The van der Waals surface area contributed by atoms with Gasteiger partial charge in [-0.15, -0.1) is 0 Å². The molecule has 116 valence electrons. The largest absolute Gasteiger partial charge is 0.497 e. The molecule has 1 aromatic rings. The van der Waals surface area contributed by atoms with Crippen LogP contribution in [0.3, 0.4) is 0 Å². The number of oxime groups is 1. The van der Waals surface area contributed by atoms with Crippen molar-refractivity contribution >= 4 is 11.7 Å². The van der Waals surface area contributed by atoms with E-state index in [1.165, 1.54) is 19.1 Å². The van der Waals surface area contributed by atoms with Crippen LogP contribution in [-0.4, -0.2) is 49.2 Å². The van der Waals surface area contributed by atoms with Crippen LogP contribution in [0, 0.1) is 0 Å². The minimum atomic E-state index is -0.236. The maximum atomic E-state index is 12.5. The van der Waals surface area contributed by atoms with Crippen LogP contribution in [0.4, 0.5) is 0 Å². The van der Waals surface area contributed by atoms with E-state index in [1.54, 1.807) is 18.2 Å². The summed E-state index contributed by atoms with van der Waals surface area (Å²) in [6, 6.07) is 4.93. The van der Waals surface area contributed by atoms with Crippen molar-refractivity contribution < 1.29 is 19.5 Å². The Morgan fingerprint density at radius 3 is 2.29 bits per heavy atom. The van der Waals surface area contributed by atoms with Crippen LogP contribution in [0.5, 0.6) is 11.5 Å². The summed E-state index contributed by atoms with van der Waals surface area (Å²) in [4.78, 5) is 14.0. The highest BCUT2D eigenvalue weighted by atomic mass is 16.5. The van der Waals surface area contributed by atoms with E-state index < -0.39 is 0 Å². The summed E-state index contributed by atoms with van der Waals surface area (Å²) in [5.41, 5.74) is 5.91. The predicted octanol–water partition coefficient (Wildman–Crippen LogP) is 1.30. The van der Waals surface area contributed by atoms with Gasteiger partial charge in [-0.25, -0.2) is 0 Å². The van der Waals surface area contributed by atoms with Crippen molar-refractivity contribution in [1.29, 1.82) is 0 Å². The third kappa shape index (κ3) is 4.55. The Kier molecular flexibility index (Phi) is 6.32. The SMILES string of the molecule is CCCN(CC(N)=NO)C(=O)c1cc(OC)cc(OC)c1. The molecule has 0 unspecified atom stereocenters. The zero-order chi connectivity index (χ0) is 15.8. The van der Waals surface area contributed by atoms with Crippen molar-refractivity contribution in [2.45, 2.75) is 13.3 Å². The van der Waals surface area contributed by atoms with Gasteiger partial charge in [0.2, 0.25) is 0 Å². The number of ether oxygens (including phenoxy) is 2. The number of hydrogen-bond donors (Lipinski definition) is 2. The molecular weight excluding hydrogens is 274 g/mol. The second kappa shape index (κ2) is 7.98. The van der Waals surface area contributed by atoms with Gasteiger partial charge in [0.15, 0.2) is 5.84 Å². The van der Waals surface area contributed by atoms with E-state index in [9.17, 15) is 4.79 Å². The first-order valence-electron chi connectivity index (χ1n) is 6.54. The molecule has 0 bridgehead atoms. The molecule has 7 nitrogen and oxygen atoms in total. The standard InChI is InChI=1S/C14H21N3O4/c1-4-5-17(9-13(15)16-19)14(18)10-6-11(20-2)8-12(7-10)21-3/h6-8,19H,4-5,9H2,1-3H3,(H2,15,16). The lowest BCUT2D eigenvalue weighted by atomic mass is 10.1. The number of nitrogens with zero attached hydrogens (tertiary/aromatic N) is 2. The molecule has 0 radical (unpaired) electrons. The number of carbonyl (C=O) groups is 1. The smallest absolute Gasteiger partial charge is 0.254 e. The molecule has 1 aromatic carbocycles. The first kappa shape index (κ1) is 16.6. The van der Waals surface area contributed by atoms with Gasteiger partial charge >= 0.3 is 0 Å². The fraction of sp³-hybridized carbons (Fsp3) is 0.429. The third-order valence-corrected chi connectivity index (χ3v) is 2.86. The lowest BCUT2D eigenvalue weighted by molar-refractivity contribution is 0.0777. The second-order valence-corrected chi connectivity index (χ2v) is 4.42. The zero-order valence-corrected chi connectivity index (χ0v) is 12.5. The number of amides is 1. The molecule has 7 heteroatoms. The maximum absolute atomic E-state index is 12.5. The molecule has 0 saturated carbocycles. The molecular formula is C14H21N3O4. The number of carbonyl (C=O) groups excluding carboxylic acids is 1. The maximum Gasteiger partial charge on any atom is 0.254 e. The van der Waals surface area contributed by atoms with E-state index in [0.717, 1.165) is 6.42 Å². The van der Waals surface area contributed by atoms with Gasteiger partial charge in [-0.05, 0) is 18.6 Å². The molecule has 0 fully saturated rings. The number of methoxy groups -OCH3 is 2. The Hall–Kier alpha value is -2.44. The Morgan fingerprint density at radius 2 is 1.86 bits per heavy atom. The molecule has 0 aromatic heterocycles. The summed E-state index contributed by atoms with van der Waals surface area (Å²) >= 11 is 0. The van der Waals surface area contributed by atoms with Crippen molar-refractivity contribution in [3.8, 4) is 11.5 Å². The molecule has 0 aliphatic carbocycles. The van der Waals surface area contributed by atoms with E-state index in [-0.39, 0.29) is 18.3 Å². The van der Waals surface area contributed by atoms with Crippen LogP contribution in [0.25, 0.3) is 0 Å². The summed E-state index contributed by atoms with van der Waals surface area (Å²) < 4.78 is 10.3. The highest BCUT2D eigenvalue weighted by Crippen LogP contribution is 2.23. The average Bonchev–Trinajstić information content (AvgIpc) is 2.52. The highest BCUT2D eigenvalue weighted by molar-refractivity contribution is 5.97. The van der Waals surface area contributed by atoms with Gasteiger partial charge in [-0.2, -0.15) is 0 Å². The predicted molar refractivity (Wildman–Crippen MR) is 79.1 cm³/mol. The number of rotatable bonds is 7. The molecule has 0 spiro atoms. The van der Waals surface area contributed by atoms with E-state index in [1.807, 2.05) is 6.92 Å². The van der Waals surface area contributed by atoms with E-state index in [0.29, 0.717) is 23.6 Å². The molecule has 0 atom stereocenters. The Balaban J connectivity index is 3.07. The number of nitrogens with two attached hydrogens (primary N) is 1. The van der Waals surface area contributed by atoms with Crippen LogP contribution in [-0.2, 0) is 0 Å². The van der Waals surface area contributed by atoms with Gasteiger partial charge in [0.1, 0.15) is 11.5 Å². The van der Waals surface area contributed by atoms with Crippen LogP contribution in [0.1, 0.15) is 23.7 Å². The Bertz CT molecular complexity index is 495. The number of amidine groups is 1. The van der Waals surface area contributed by atoms with Crippen LogP contribution < -0.4 is 15.2 Å². The van der Waals surface area contributed by atoms with Gasteiger partial charge in [0.05, 0.1) is 20.8 Å². The summed E-state index contributed by atoms with van der Waals surface area (Å²) in [6.45, 7) is 2.50. The molecule has 1 rings (SSSR count). The van der Waals surface area contributed by atoms with Crippen LogP contribution in [0.2, 0.25) is 0 Å². The van der Waals surface area contributed by atoms with Gasteiger partial charge in [-0.3, -0.25) is 4.79 Å². The third-order valence-electron chi connectivity index (χ3n) is 2.86. The van der Waals surface area contributed by atoms with Gasteiger partial charge < -0.3 is 25.3 Å². The molecule has 0 heterocycles. The Morgan fingerprint density at radius 1 is 1.29 bits per heavy atom. The normalized spacial score (nSPS) is 11.1. The molecule has 0 aliphatic heterocycles. The fourth-order valence-corrected chi connectivity index (χ4v) is 1.86. The van der Waals surface area contributed by atoms with E-state index in [2.05, 4.69) is 5.16 Å². The topological polar surface area (TPSA) is 97.4 Å². The van der Waals surface area contributed by atoms with Crippen molar-refractivity contribution in [3.63, 3.8) is 0 Å². The molecule has 0 saturated heterocycles. The van der Waals surface area contributed by atoms with Gasteiger partial charge in [0.25, 0.3) is 5.91 Å². The highest BCUT2D eigenvalue weighted by Gasteiger charge is 2.18. The quantitative estimate of drug-likeness (QED) is 0.342. The van der Waals surface area contributed by atoms with Crippen molar-refractivity contribution in [1.82, 2.24) is 4.90 Å².